The molecule has 0 saturated carbocycles. The Morgan fingerprint density at radius 1 is 1.17 bits per heavy atom. The van der Waals surface area contributed by atoms with Gasteiger partial charge in [-0.1, -0.05) is 30.3 Å². The van der Waals surface area contributed by atoms with E-state index >= 15 is 0 Å². The molecule has 112 valence electrons. The summed E-state index contributed by atoms with van der Waals surface area (Å²) in [5, 5.41) is 12.4. The maximum atomic E-state index is 11.9. The highest BCUT2D eigenvalue weighted by Gasteiger charge is 2.02. The summed E-state index contributed by atoms with van der Waals surface area (Å²) >= 11 is 0. The van der Waals surface area contributed by atoms with Crippen molar-refractivity contribution in [2.24, 2.45) is 0 Å². The summed E-state index contributed by atoms with van der Waals surface area (Å²) in [6, 6.07) is 18.9. The minimum Gasteiger partial charge on any atom is -0.457 e. The van der Waals surface area contributed by atoms with Crippen molar-refractivity contribution in [3.05, 3.63) is 72.0 Å². The Balaban J connectivity index is 1.65. The molecule has 0 aliphatic heterocycles. The number of nitrogens with zero attached hydrogens (tertiary/aromatic N) is 1. The number of carbonyl (C=O) groups excluding carboxylic acids is 1. The lowest BCUT2D eigenvalue weighted by Crippen LogP contribution is -2.07. The van der Waals surface area contributed by atoms with Crippen LogP contribution < -0.4 is 5.32 Å². The van der Waals surface area contributed by atoms with Crippen LogP contribution in [0.5, 0.6) is 0 Å². The number of para-hydroxylation sites is 1. The fourth-order valence-electron chi connectivity index (χ4n) is 2.22. The van der Waals surface area contributed by atoms with E-state index in [2.05, 4.69) is 11.4 Å². The molecule has 0 aliphatic rings. The molecule has 0 atom stereocenters. The monoisotopic (exact) mass is 302 g/mol. The molecule has 0 spiro atoms. The quantitative estimate of drug-likeness (QED) is 0.736. The zero-order chi connectivity index (χ0) is 16.1. The molecular formula is C19H14N2O2. The zero-order valence-electron chi connectivity index (χ0n) is 12.3. The lowest BCUT2D eigenvalue weighted by Gasteiger charge is -2.02. The molecule has 3 rings (SSSR count). The van der Waals surface area contributed by atoms with Crippen LogP contribution in [-0.2, 0) is 11.2 Å². The molecule has 0 unspecified atom stereocenters. The number of rotatable bonds is 4. The van der Waals surface area contributed by atoms with Gasteiger partial charge in [0.05, 0.1) is 12.5 Å². The van der Waals surface area contributed by atoms with E-state index in [4.69, 9.17) is 9.68 Å². The first-order chi connectivity index (χ1) is 11.2. The second-order valence-electron chi connectivity index (χ2n) is 5.04. The molecule has 3 aromatic rings. The van der Waals surface area contributed by atoms with Gasteiger partial charge in [0.15, 0.2) is 0 Å². The molecule has 4 heteroatoms. The number of nitrogens with one attached hydrogen (secondary N) is 1. The Morgan fingerprint density at radius 2 is 1.96 bits per heavy atom. The van der Waals surface area contributed by atoms with Gasteiger partial charge in [-0.25, -0.2) is 0 Å². The van der Waals surface area contributed by atoms with E-state index in [1.165, 1.54) is 6.08 Å². The molecule has 1 aromatic heterocycles. The SMILES string of the molecule is N#CCc1ccc(NC(=O)/C=C/c2cc3ccccc3o2)cc1. The van der Waals surface area contributed by atoms with Crippen molar-refractivity contribution in [2.75, 3.05) is 5.32 Å². The number of hydrogen-bond donors (Lipinski definition) is 1. The van der Waals surface area contributed by atoms with Crippen LogP contribution >= 0.6 is 0 Å². The molecule has 4 nitrogen and oxygen atoms in total. The Labute approximate surface area is 133 Å². The predicted octanol–water partition coefficient (Wildman–Crippen LogP) is 4.15. The number of anilines is 1. The van der Waals surface area contributed by atoms with Crippen molar-refractivity contribution in [2.45, 2.75) is 6.42 Å². The van der Waals surface area contributed by atoms with Crippen molar-refractivity contribution in [3.63, 3.8) is 0 Å². The van der Waals surface area contributed by atoms with Crippen molar-refractivity contribution in [1.29, 1.82) is 5.26 Å². The minimum atomic E-state index is -0.238. The van der Waals surface area contributed by atoms with E-state index in [0.717, 1.165) is 16.5 Å². The molecule has 0 aliphatic carbocycles. The van der Waals surface area contributed by atoms with E-state index in [9.17, 15) is 4.79 Å². The molecule has 0 saturated heterocycles. The first kappa shape index (κ1) is 14.6. The summed E-state index contributed by atoms with van der Waals surface area (Å²) in [4.78, 5) is 11.9. The number of benzene rings is 2. The van der Waals surface area contributed by atoms with Crippen molar-refractivity contribution >= 4 is 28.6 Å². The summed E-state index contributed by atoms with van der Waals surface area (Å²) in [5.41, 5.74) is 2.40. The number of furan rings is 1. The van der Waals surface area contributed by atoms with Crippen LogP contribution in [0.4, 0.5) is 5.69 Å². The van der Waals surface area contributed by atoms with Crippen LogP contribution in [0, 0.1) is 11.3 Å². The Bertz CT molecular complexity index is 866. The van der Waals surface area contributed by atoms with Gasteiger partial charge in [0.25, 0.3) is 0 Å². The van der Waals surface area contributed by atoms with Gasteiger partial charge >= 0.3 is 0 Å². The zero-order valence-corrected chi connectivity index (χ0v) is 12.3. The van der Waals surface area contributed by atoms with Crippen LogP contribution in [0.15, 0.2) is 65.1 Å². The average Bonchev–Trinajstić information content (AvgIpc) is 2.98. The number of fused-ring (bicyclic) bond motifs is 1. The molecular weight excluding hydrogens is 288 g/mol. The smallest absolute Gasteiger partial charge is 0.248 e. The summed E-state index contributed by atoms with van der Waals surface area (Å²) in [6.45, 7) is 0. The molecule has 1 amide bonds. The van der Waals surface area contributed by atoms with Crippen LogP contribution in [-0.4, -0.2) is 5.91 Å². The van der Waals surface area contributed by atoms with Crippen molar-refractivity contribution in [1.82, 2.24) is 0 Å². The normalized spacial score (nSPS) is 10.7. The van der Waals surface area contributed by atoms with Crippen molar-refractivity contribution < 1.29 is 9.21 Å². The maximum absolute atomic E-state index is 11.9. The van der Waals surface area contributed by atoms with Crippen LogP contribution in [0.3, 0.4) is 0 Å². The second kappa shape index (κ2) is 6.63. The fraction of sp³-hybridized carbons (Fsp3) is 0.0526. The lowest BCUT2D eigenvalue weighted by atomic mass is 10.1. The third-order valence-corrected chi connectivity index (χ3v) is 3.35. The van der Waals surface area contributed by atoms with E-state index in [1.54, 1.807) is 18.2 Å². The van der Waals surface area contributed by atoms with Crippen LogP contribution in [0.2, 0.25) is 0 Å². The van der Waals surface area contributed by atoms with Crippen molar-refractivity contribution in [3.8, 4) is 6.07 Å². The molecule has 0 fully saturated rings. The topological polar surface area (TPSA) is 66.0 Å². The Hall–Kier alpha value is -3.32. The van der Waals surface area contributed by atoms with Gasteiger partial charge in [0, 0.05) is 17.1 Å². The third kappa shape index (κ3) is 3.66. The second-order valence-corrected chi connectivity index (χ2v) is 5.04. The predicted molar refractivity (Wildman–Crippen MR) is 89.6 cm³/mol. The summed E-state index contributed by atoms with van der Waals surface area (Å²) in [5.74, 6) is 0.393. The number of carbonyl (C=O) groups is 1. The van der Waals surface area contributed by atoms with E-state index in [0.29, 0.717) is 17.9 Å². The molecule has 0 radical (unpaired) electrons. The molecule has 1 N–H and O–H groups in total. The number of amides is 1. The minimum absolute atomic E-state index is 0.238. The first-order valence-corrected chi connectivity index (χ1v) is 7.18. The van der Waals surface area contributed by atoms with Gasteiger partial charge in [-0.2, -0.15) is 5.26 Å². The number of nitriles is 1. The van der Waals surface area contributed by atoms with Gasteiger partial charge in [-0.05, 0) is 35.9 Å². The Kier molecular flexibility index (Phi) is 4.21. The first-order valence-electron chi connectivity index (χ1n) is 7.18. The lowest BCUT2D eigenvalue weighted by molar-refractivity contribution is -0.111. The van der Waals surface area contributed by atoms with Gasteiger partial charge in [0.1, 0.15) is 11.3 Å². The molecule has 0 bridgehead atoms. The molecule has 1 heterocycles. The van der Waals surface area contributed by atoms with Crippen LogP contribution in [0.1, 0.15) is 11.3 Å². The fourth-order valence-corrected chi connectivity index (χ4v) is 2.22. The standard InChI is InChI=1S/C19H14N2O2/c20-12-11-14-5-7-16(8-6-14)21-19(22)10-9-17-13-15-3-1-2-4-18(15)23-17/h1-10,13H,11H2,(H,21,22)/b10-9+. The highest BCUT2D eigenvalue weighted by molar-refractivity contribution is 6.02. The van der Waals surface area contributed by atoms with E-state index in [1.807, 2.05) is 42.5 Å². The van der Waals surface area contributed by atoms with Gasteiger partial charge < -0.3 is 9.73 Å². The van der Waals surface area contributed by atoms with Crippen LogP contribution in [0.25, 0.3) is 17.0 Å². The molecule has 2 aromatic carbocycles. The van der Waals surface area contributed by atoms with Gasteiger partial charge in [-0.15, -0.1) is 0 Å². The van der Waals surface area contributed by atoms with Gasteiger partial charge in [0.2, 0.25) is 5.91 Å². The van der Waals surface area contributed by atoms with E-state index < -0.39 is 0 Å². The highest BCUT2D eigenvalue weighted by Crippen LogP contribution is 2.19. The summed E-state index contributed by atoms with van der Waals surface area (Å²) < 4.78 is 5.61. The Morgan fingerprint density at radius 3 is 2.70 bits per heavy atom. The highest BCUT2D eigenvalue weighted by atomic mass is 16.3. The van der Waals surface area contributed by atoms with Gasteiger partial charge in [-0.3, -0.25) is 4.79 Å². The largest absolute Gasteiger partial charge is 0.457 e. The molecule has 23 heavy (non-hydrogen) atoms. The summed E-state index contributed by atoms with van der Waals surface area (Å²) in [7, 11) is 0. The number of hydrogen-bond acceptors (Lipinski definition) is 3. The van der Waals surface area contributed by atoms with E-state index in [-0.39, 0.29) is 5.91 Å². The maximum Gasteiger partial charge on any atom is 0.248 e. The average molecular weight is 302 g/mol. The summed E-state index contributed by atoms with van der Waals surface area (Å²) in [6.07, 6.45) is 3.43. The third-order valence-electron chi connectivity index (χ3n) is 3.35.